The van der Waals surface area contributed by atoms with Gasteiger partial charge in [0.05, 0.1) is 5.69 Å². The van der Waals surface area contributed by atoms with E-state index in [1.807, 2.05) is 72.8 Å². The normalized spacial score (nSPS) is 16.8. The zero-order valence-corrected chi connectivity index (χ0v) is 16.8. The summed E-state index contributed by atoms with van der Waals surface area (Å²) in [6.07, 6.45) is 3.81. The summed E-state index contributed by atoms with van der Waals surface area (Å²) in [6.45, 7) is 0.806. The van der Waals surface area contributed by atoms with Gasteiger partial charge in [0.2, 0.25) is 5.84 Å². The molecule has 0 aromatic heterocycles. The first kappa shape index (κ1) is 19.7. The highest BCUT2D eigenvalue weighted by Crippen LogP contribution is 2.28. The minimum atomic E-state index is 0.393. The molecule has 3 aromatic rings. The van der Waals surface area contributed by atoms with Gasteiger partial charge in [0, 0.05) is 10.6 Å². The first-order valence-corrected chi connectivity index (χ1v) is 9.77. The maximum Gasteiger partial charge on any atom is 0.201 e. The Balaban J connectivity index is 1.75. The second-order valence-corrected chi connectivity index (χ2v) is 6.75. The molecule has 150 valence electrons. The van der Waals surface area contributed by atoms with Crippen molar-refractivity contribution in [3.63, 3.8) is 0 Å². The van der Waals surface area contributed by atoms with Gasteiger partial charge in [0.1, 0.15) is 30.4 Å². The summed E-state index contributed by atoms with van der Waals surface area (Å²) < 4.78 is 11.7. The fraction of sp³-hybridized carbons (Fsp3) is 0.0870. The van der Waals surface area contributed by atoms with Gasteiger partial charge in [-0.3, -0.25) is 5.43 Å². The molecule has 1 heterocycles. The van der Waals surface area contributed by atoms with E-state index in [4.69, 9.17) is 21.1 Å². The highest BCUT2D eigenvalue weighted by atomic mass is 35.5. The zero-order chi connectivity index (χ0) is 20.6. The number of hydrogen-bond acceptors (Lipinski definition) is 6. The van der Waals surface area contributed by atoms with Crippen LogP contribution in [-0.2, 0) is 0 Å². The molecule has 1 N–H and O–H groups in total. The van der Waals surface area contributed by atoms with Gasteiger partial charge in [-0.1, -0.05) is 35.9 Å². The quantitative estimate of drug-likeness (QED) is 0.476. The number of anilines is 1. The highest BCUT2D eigenvalue weighted by Gasteiger charge is 2.08. The fourth-order valence-electron chi connectivity index (χ4n) is 2.72. The largest absolute Gasteiger partial charge is 0.487 e. The number of hydrazone groups is 1. The van der Waals surface area contributed by atoms with Gasteiger partial charge in [-0.25, -0.2) is 0 Å². The van der Waals surface area contributed by atoms with E-state index in [1.165, 1.54) is 0 Å². The first-order valence-electron chi connectivity index (χ1n) is 9.39. The Morgan fingerprint density at radius 2 is 1.40 bits per heavy atom. The van der Waals surface area contributed by atoms with Gasteiger partial charge in [-0.15, -0.1) is 10.2 Å². The van der Waals surface area contributed by atoms with E-state index in [0.29, 0.717) is 41.3 Å². The van der Waals surface area contributed by atoms with Crippen LogP contribution in [0.5, 0.6) is 11.5 Å². The molecule has 0 spiro atoms. The average molecular weight is 419 g/mol. The average Bonchev–Trinajstić information content (AvgIpc) is 2.78. The lowest BCUT2D eigenvalue weighted by Gasteiger charge is -2.10. The third kappa shape index (κ3) is 5.04. The minimum Gasteiger partial charge on any atom is -0.487 e. The van der Waals surface area contributed by atoms with Crippen LogP contribution < -0.4 is 14.9 Å². The van der Waals surface area contributed by atoms with Crippen LogP contribution in [0.1, 0.15) is 5.56 Å². The van der Waals surface area contributed by atoms with E-state index < -0.39 is 0 Å². The second-order valence-electron chi connectivity index (χ2n) is 6.31. The number of halogens is 1. The van der Waals surface area contributed by atoms with Crippen molar-refractivity contribution >= 4 is 28.8 Å². The number of amidine groups is 1. The van der Waals surface area contributed by atoms with Crippen LogP contribution in [0.2, 0.25) is 5.02 Å². The molecular formula is C23H19ClN4O2. The Labute approximate surface area is 179 Å². The van der Waals surface area contributed by atoms with Gasteiger partial charge in [-0.05, 0) is 60.7 Å². The van der Waals surface area contributed by atoms with Crippen LogP contribution in [0.15, 0.2) is 100 Å². The summed E-state index contributed by atoms with van der Waals surface area (Å²) in [6, 6.07) is 22.3. The van der Waals surface area contributed by atoms with Crippen LogP contribution >= 0.6 is 11.6 Å². The summed E-state index contributed by atoms with van der Waals surface area (Å²) >= 11 is 6.03. The van der Waals surface area contributed by atoms with Crippen molar-refractivity contribution < 1.29 is 9.47 Å². The Bertz CT molecular complexity index is 1090. The van der Waals surface area contributed by atoms with Gasteiger partial charge >= 0.3 is 0 Å². The van der Waals surface area contributed by atoms with E-state index in [0.717, 1.165) is 11.3 Å². The Kier molecular flexibility index (Phi) is 6.37. The monoisotopic (exact) mass is 418 g/mol. The SMILES string of the molecule is Clc1ccc(/C2=N/Nc3ccccc3OC/C=C/COc3ccccc3N=N2)cc1. The molecule has 0 unspecified atom stereocenters. The predicted molar refractivity (Wildman–Crippen MR) is 119 cm³/mol. The van der Waals surface area contributed by atoms with Gasteiger partial charge in [0.25, 0.3) is 0 Å². The number of para-hydroxylation sites is 3. The lowest BCUT2D eigenvalue weighted by molar-refractivity contribution is 0.351. The highest BCUT2D eigenvalue weighted by molar-refractivity contribution is 6.30. The molecule has 30 heavy (non-hydrogen) atoms. The van der Waals surface area contributed by atoms with E-state index in [1.54, 1.807) is 12.1 Å². The van der Waals surface area contributed by atoms with Crippen LogP contribution in [0.3, 0.4) is 0 Å². The summed E-state index contributed by atoms with van der Waals surface area (Å²) in [7, 11) is 0. The van der Waals surface area contributed by atoms with E-state index in [2.05, 4.69) is 20.8 Å². The molecule has 0 atom stereocenters. The third-order valence-corrected chi connectivity index (χ3v) is 4.48. The van der Waals surface area contributed by atoms with Crippen LogP contribution in [0, 0.1) is 0 Å². The van der Waals surface area contributed by atoms with Crippen LogP contribution in [0.4, 0.5) is 11.4 Å². The van der Waals surface area contributed by atoms with Crippen molar-refractivity contribution in [3.8, 4) is 11.5 Å². The number of azo groups is 1. The molecule has 0 radical (unpaired) electrons. The summed E-state index contributed by atoms with van der Waals surface area (Å²) in [4.78, 5) is 0. The number of nitrogens with zero attached hydrogens (tertiary/aromatic N) is 3. The molecule has 1 aliphatic rings. The molecule has 0 aliphatic carbocycles. The Hall–Kier alpha value is -3.64. The number of fused-ring (bicyclic) bond motifs is 2. The molecular weight excluding hydrogens is 400 g/mol. The lowest BCUT2D eigenvalue weighted by Crippen LogP contribution is -2.03. The third-order valence-electron chi connectivity index (χ3n) is 4.23. The van der Waals surface area contributed by atoms with Crippen molar-refractivity contribution in [3.05, 3.63) is 95.5 Å². The Morgan fingerprint density at radius 3 is 2.20 bits per heavy atom. The van der Waals surface area contributed by atoms with Gasteiger partial charge < -0.3 is 9.47 Å². The summed E-state index contributed by atoms with van der Waals surface area (Å²) in [5.41, 5.74) is 5.13. The fourth-order valence-corrected chi connectivity index (χ4v) is 2.84. The van der Waals surface area contributed by atoms with Gasteiger partial charge in [0.15, 0.2) is 0 Å². The molecule has 0 fully saturated rings. The summed E-state index contributed by atoms with van der Waals surface area (Å²) in [5, 5.41) is 13.9. The standard InChI is InChI=1S/C23H19ClN4O2/c24-18-13-11-17(12-14-18)23-27-25-19-7-1-3-9-21(19)29-15-5-6-16-30-22-10-4-2-8-20(22)26-28-23/h1-14,25H,15-16H2/b6-5+,27-23-,28-26?. The van der Waals surface area contributed by atoms with E-state index >= 15 is 0 Å². The van der Waals surface area contributed by atoms with Crippen molar-refractivity contribution in [2.45, 2.75) is 0 Å². The number of benzene rings is 3. The van der Waals surface area contributed by atoms with Crippen LogP contribution in [0.25, 0.3) is 0 Å². The zero-order valence-electron chi connectivity index (χ0n) is 16.0. The molecule has 4 rings (SSSR count). The van der Waals surface area contributed by atoms with Crippen molar-refractivity contribution in [1.82, 2.24) is 0 Å². The molecule has 0 saturated heterocycles. The molecule has 0 bridgehead atoms. The van der Waals surface area contributed by atoms with Crippen molar-refractivity contribution in [2.75, 3.05) is 18.6 Å². The topological polar surface area (TPSA) is 67.6 Å². The maximum atomic E-state index is 6.03. The molecule has 0 saturated carbocycles. The maximum absolute atomic E-state index is 6.03. The second kappa shape index (κ2) is 9.71. The minimum absolute atomic E-state index is 0.393. The van der Waals surface area contributed by atoms with Crippen molar-refractivity contribution in [1.29, 1.82) is 0 Å². The lowest BCUT2D eigenvalue weighted by atomic mass is 10.2. The molecule has 6 nitrogen and oxygen atoms in total. The number of rotatable bonds is 1. The smallest absolute Gasteiger partial charge is 0.201 e. The molecule has 0 amide bonds. The first-order chi connectivity index (χ1) is 14.8. The van der Waals surface area contributed by atoms with E-state index in [9.17, 15) is 0 Å². The van der Waals surface area contributed by atoms with Crippen molar-refractivity contribution in [2.24, 2.45) is 15.3 Å². The summed E-state index contributed by atoms with van der Waals surface area (Å²) in [5.74, 6) is 1.70. The van der Waals surface area contributed by atoms with Crippen LogP contribution in [-0.4, -0.2) is 19.0 Å². The predicted octanol–water partition coefficient (Wildman–Crippen LogP) is 6.23. The van der Waals surface area contributed by atoms with Gasteiger partial charge in [-0.2, -0.15) is 5.10 Å². The molecule has 3 aromatic carbocycles. The van der Waals surface area contributed by atoms with E-state index in [-0.39, 0.29) is 0 Å². The number of hydrogen-bond donors (Lipinski definition) is 1. The number of nitrogens with one attached hydrogen (secondary N) is 1. The Morgan fingerprint density at radius 1 is 0.733 bits per heavy atom. The molecule has 1 aliphatic heterocycles. The molecule has 7 heteroatoms. The number of ether oxygens (including phenoxy) is 2.